The van der Waals surface area contributed by atoms with Gasteiger partial charge in [-0.05, 0) is 38.5 Å². The van der Waals surface area contributed by atoms with Gasteiger partial charge in [0.05, 0.1) is 23.4 Å². The molecule has 1 aliphatic rings. The molecule has 6 heteroatoms. The molecule has 1 aliphatic heterocycles. The predicted octanol–water partition coefficient (Wildman–Crippen LogP) is 1.46. The fourth-order valence-corrected chi connectivity index (χ4v) is 3.08. The van der Waals surface area contributed by atoms with E-state index < -0.39 is 0 Å². The van der Waals surface area contributed by atoms with Gasteiger partial charge in [-0.3, -0.25) is 20.6 Å². The molecule has 2 unspecified atom stereocenters. The zero-order valence-corrected chi connectivity index (χ0v) is 14.3. The van der Waals surface area contributed by atoms with Gasteiger partial charge in [0.2, 0.25) is 0 Å². The Morgan fingerprint density at radius 2 is 2.08 bits per heavy atom. The number of carbonyl (C=O) groups is 1. The number of methoxy groups -OCH3 is 1. The highest BCUT2D eigenvalue weighted by atomic mass is 16.5. The van der Waals surface area contributed by atoms with Gasteiger partial charge in [0, 0.05) is 31.1 Å². The number of hydrogen-bond acceptors (Lipinski definition) is 5. The van der Waals surface area contributed by atoms with Crippen LogP contribution in [-0.2, 0) is 4.74 Å². The molecule has 1 fully saturated rings. The van der Waals surface area contributed by atoms with Gasteiger partial charge >= 0.3 is 0 Å². The number of aryl methyl sites for hydroxylation is 2. The van der Waals surface area contributed by atoms with E-state index >= 15 is 0 Å². The van der Waals surface area contributed by atoms with Crippen molar-refractivity contribution in [2.75, 3.05) is 20.3 Å². The molecule has 1 amide bonds. The number of nitrogens with one attached hydrogen (secondary N) is 3. The molecule has 24 heavy (non-hydrogen) atoms. The minimum atomic E-state index is -0.0830. The number of aromatic nitrogens is 1. The summed E-state index contributed by atoms with van der Waals surface area (Å²) in [6.45, 7) is 5.13. The van der Waals surface area contributed by atoms with Crippen molar-refractivity contribution in [3.63, 3.8) is 0 Å². The number of carbonyl (C=O) groups excluding carboxylic acids is 1. The second-order valence-corrected chi connectivity index (χ2v) is 6.40. The maximum absolute atomic E-state index is 12.5. The summed E-state index contributed by atoms with van der Waals surface area (Å²) < 4.78 is 5.14. The van der Waals surface area contributed by atoms with Crippen molar-refractivity contribution < 1.29 is 9.53 Å². The molecule has 1 aromatic heterocycles. The summed E-state index contributed by atoms with van der Waals surface area (Å²) in [5.74, 6) is -0.0830. The van der Waals surface area contributed by atoms with Gasteiger partial charge in [0.25, 0.3) is 5.91 Å². The highest BCUT2D eigenvalue weighted by molar-refractivity contribution is 5.98. The van der Waals surface area contributed by atoms with E-state index in [0.717, 1.165) is 28.6 Å². The zero-order valence-electron chi connectivity index (χ0n) is 14.3. The van der Waals surface area contributed by atoms with Crippen LogP contribution in [0.5, 0.6) is 0 Å². The lowest BCUT2D eigenvalue weighted by Crippen LogP contribution is -2.41. The molecule has 1 saturated heterocycles. The van der Waals surface area contributed by atoms with E-state index in [1.807, 2.05) is 32.0 Å². The third-order valence-corrected chi connectivity index (χ3v) is 4.34. The first-order valence-corrected chi connectivity index (χ1v) is 8.23. The second kappa shape index (κ2) is 7.25. The maximum atomic E-state index is 12.5. The van der Waals surface area contributed by atoms with Gasteiger partial charge in [-0.1, -0.05) is 11.6 Å². The maximum Gasteiger partial charge on any atom is 0.253 e. The van der Waals surface area contributed by atoms with Gasteiger partial charge in [0.1, 0.15) is 0 Å². The van der Waals surface area contributed by atoms with E-state index in [-0.39, 0.29) is 18.0 Å². The molecule has 2 atom stereocenters. The van der Waals surface area contributed by atoms with Crippen LogP contribution in [0.25, 0.3) is 10.9 Å². The summed E-state index contributed by atoms with van der Waals surface area (Å²) in [6.07, 6.45) is 0.919. The molecule has 0 spiro atoms. The Kier molecular flexibility index (Phi) is 5.08. The number of benzene rings is 1. The monoisotopic (exact) mass is 328 g/mol. The summed E-state index contributed by atoms with van der Waals surface area (Å²) in [5.41, 5.74) is 9.82. The quantitative estimate of drug-likeness (QED) is 0.775. The molecule has 3 N–H and O–H groups in total. The molecule has 1 aromatic carbocycles. The zero-order chi connectivity index (χ0) is 17.1. The molecular weight excluding hydrogens is 304 g/mol. The van der Waals surface area contributed by atoms with Crippen molar-refractivity contribution in [1.29, 1.82) is 0 Å². The summed E-state index contributed by atoms with van der Waals surface area (Å²) in [6, 6.07) is 8.48. The first kappa shape index (κ1) is 16.8. The van der Waals surface area contributed by atoms with Gasteiger partial charge in [0.15, 0.2) is 0 Å². The van der Waals surface area contributed by atoms with Crippen molar-refractivity contribution in [3.05, 3.63) is 41.1 Å². The number of ether oxygens (including phenoxy) is 1. The average molecular weight is 328 g/mol. The molecule has 0 bridgehead atoms. The van der Waals surface area contributed by atoms with Crippen LogP contribution in [0.15, 0.2) is 24.3 Å². The van der Waals surface area contributed by atoms with Crippen LogP contribution in [0, 0.1) is 13.8 Å². The molecular formula is C18H24N4O2. The third-order valence-electron chi connectivity index (χ3n) is 4.34. The third kappa shape index (κ3) is 3.72. The van der Waals surface area contributed by atoms with E-state index in [1.165, 1.54) is 0 Å². The molecule has 2 aromatic rings. The highest BCUT2D eigenvalue weighted by Crippen LogP contribution is 2.18. The lowest BCUT2D eigenvalue weighted by atomic mass is 10.1. The molecule has 3 rings (SSSR count). The highest BCUT2D eigenvalue weighted by Gasteiger charge is 2.24. The van der Waals surface area contributed by atoms with Crippen LogP contribution >= 0.6 is 0 Å². The van der Waals surface area contributed by atoms with Crippen molar-refractivity contribution >= 4 is 16.8 Å². The van der Waals surface area contributed by atoms with Crippen molar-refractivity contribution in [1.82, 2.24) is 21.2 Å². The van der Waals surface area contributed by atoms with Crippen LogP contribution in [0.1, 0.15) is 28.0 Å². The fraction of sp³-hybridized carbons (Fsp3) is 0.444. The SMILES string of the molecule is COCC1CC(CNC(=O)c2cc3cc(C)ccc3nc2C)NN1. The fourth-order valence-electron chi connectivity index (χ4n) is 3.08. The Morgan fingerprint density at radius 1 is 1.29 bits per heavy atom. The summed E-state index contributed by atoms with van der Waals surface area (Å²) >= 11 is 0. The van der Waals surface area contributed by atoms with Crippen LogP contribution in [0.4, 0.5) is 0 Å². The standard InChI is InChI=1S/C18H24N4O2/c1-11-4-5-17-13(6-11)7-16(12(2)20-17)18(23)19-9-14-8-15(10-24-3)22-21-14/h4-7,14-15,21-22H,8-10H2,1-3H3,(H,19,23). The van der Waals surface area contributed by atoms with Crippen molar-refractivity contribution in [3.8, 4) is 0 Å². The predicted molar refractivity (Wildman–Crippen MR) is 93.9 cm³/mol. The van der Waals surface area contributed by atoms with E-state index in [4.69, 9.17) is 4.74 Å². The molecule has 0 aliphatic carbocycles. The van der Waals surface area contributed by atoms with Crippen LogP contribution < -0.4 is 16.2 Å². The van der Waals surface area contributed by atoms with Gasteiger partial charge in [-0.2, -0.15) is 0 Å². The second-order valence-electron chi connectivity index (χ2n) is 6.40. The summed E-state index contributed by atoms with van der Waals surface area (Å²) in [5, 5.41) is 3.99. The molecule has 0 saturated carbocycles. The largest absolute Gasteiger partial charge is 0.383 e. The summed E-state index contributed by atoms with van der Waals surface area (Å²) in [7, 11) is 1.69. The Balaban J connectivity index is 1.67. The number of nitrogens with zero attached hydrogens (tertiary/aromatic N) is 1. The number of rotatable bonds is 5. The first-order valence-electron chi connectivity index (χ1n) is 8.23. The lowest BCUT2D eigenvalue weighted by Gasteiger charge is -2.12. The topological polar surface area (TPSA) is 75.3 Å². The molecule has 2 heterocycles. The Bertz CT molecular complexity index is 747. The average Bonchev–Trinajstić information content (AvgIpc) is 3.00. The normalized spacial score (nSPS) is 20.5. The van der Waals surface area contributed by atoms with Gasteiger partial charge < -0.3 is 10.1 Å². The lowest BCUT2D eigenvalue weighted by molar-refractivity contribution is 0.0949. The number of pyridine rings is 1. The molecule has 0 radical (unpaired) electrons. The van der Waals surface area contributed by atoms with Gasteiger partial charge in [-0.15, -0.1) is 0 Å². The Morgan fingerprint density at radius 3 is 2.88 bits per heavy atom. The molecule has 128 valence electrons. The Labute approximate surface area is 142 Å². The Hall–Kier alpha value is -2.02. The van der Waals surface area contributed by atoms with Crippen LogP contribution in [-0.4, -0.2) is 43.2 Å². The first-order chi connectivity index (χ1) is 11.6. The van der Waals surface area contributed by atoms with E-state index in [2.05, 4.69) is 27.2 Å². The number of hydrazine groups is 1. The van der Waals surface area contributed by atoms with Crippen LogP contribution in [0.2, 0.25) is 0 Å². The molecule has 6 nitrogen and oxygen atoms in total. The van der Waals surface area contributed by atoms with Gasteiger partial charge in [-0.25, -0.2) is 0 Å². The number of amides is 1. The van der Waals surface area contributed by atoms with Crippen LogP contribution in [0.3, 0.4) is 0 Å². The van der Waals surface area contributed by atoms with Crippen molar-refractivity contribution in [2.24, 2.45) is 0 Å². The number of hydrogen-bond donors (Lipinski definition) is 3. The van der Waals surface area contributed by atoms with Crippen molar-refractivity contribution in [2.45, 2.75) is 32.4 Å². The number of fused-ring (bicyclic) bond motifs is 1. The minimum Gasteiger partial charge on any atom is -0.383 e. The van der Waals surface area contributed by atoms with E-state index in [0.29, 0.717) is 18.7 Å². The minimum absolute atomic E-state index is 0.0830. The smallest absolute Gasteiger partial charge is 0.253 e. The van der Waals surface area contributed by atoms with E-state index in [9.17, 15) is 4.79 Å². The van der Waals surface area contributed by atoms with E-state index in [1.54, 1.807) is 7.11 Å². The summed E-state index contributed by atoms with van der Waals surface area (Å²) in [4.78, 5) is 17.1.